The van der Waals surface area contributed by atoms with Gasteiger partial charge in [0, 0.05) is 19.1 Å². The molecule has 0 aromatic rings. The predicted molar refractivity (Wildman–Crippen MR) is 83.5 cm³/mol. The second-order valence-electron chi connectivity index (χ2n) is 6.49. The van der Waals surface area contributed by atoms with Crippen molar-refractivity contribution in [3.63, 3.8) is 0 Å². The van der Waals surface area contributed by atoms with Crippen molar-refractivity contribution >= 4 is 0 Å². The van der Waals surface area contributed by atoms with Crippen molar-refractivity contribution in [2.75, 3.05) is 26.2 Å². The van der Waals surface area contributed by atoms with Gasteiger partial charge in [-0.05, 0) is 64.0 Å². The normalized spacial score (nSPS) is 29.3. The molecule has 0 aromatic carbocycles. The van der Waals surface area contributed by atoms with Crippen molar-refractivity contribution in [3.05, 3.63) is 11.6 Å². The van der Waals surface area contributed by atoms with E-state index in [-0.39, 0.29) is 0 Å². The molecule has 0 aromatic heterocycles. The van der Waals surface area contributed by atoms with Crippen LogP contribution in [0.15, 0.2) is 11.6 Å². The summed E-state index contributed by atoms with van der Waals surface area (Å²) in [6, 6.07) is 0.755. The standard InChI is InChI=1S/C17H32N2/c1-3-11-18-17-10-13-19(14-15(17)2)12-9-16-7-5-4-6-8-16/h7,15,17-18H,3-6,8-14H2,1-2H3. The second kappa shape index (κ2) is 8.06. The summed E-state index contributed by atoms with van der Waals surface area (Å²) in [5, 5.41) is 3.71. The van der Waals surface area contributed by atoms with Gasteiger partial charge in [0.1, 0.15) is 0 Å². The molecule has 0 saturated carbocycles. The number of piperidine rings is 1. The second-order valence-corrected chi connectivity index (χ2v) is 6.49. The van der Waals surface area contributed by atoms with Gasteiger partial charge in [-0.1, -0.05) is 25.5 Å². The highest BCUT2D eigenvalue weighted by Crippen LogP contribution is 2.22. The average Bonchev–Trinajstić information content (AvgIpc) is 2.45. The summed E-state index contributed by atoms with van der Waals surface area (Å²) in [7, 11) is 0. The maximum absolute atomic E-state index is 3.71. The van der Waals surface area contributed by atoms with Gasteiger partial charge < -0.3 is 10.2 Å². The number of hydrogen-bond donors (Lipinski definition) is 1. The molecule has 110 valence electrons. The van der Waals surface area contributed by atoms with Gasteiger partial charge in [-0.25, -0.2) is 0 Å². The van der Waals surface area contributed by atoms with Gasteiger partial charge in [-0.15, -0.1) is 0 Å². The summed E-state index contributed by atoms with van der Waals surface area (Å²) in [4.78, 5) is 2.68. The van der Waals surface area contributed by atoms with Gasteiger partial charge in [0.15, 0.2) is 0 Å². The number of likely N-dealkylation sites (tertiary alicyclic amines) is 1. The number of nitrogens with one attached hydrogen (secondary N) is 1. The van der Waals surface area contributed by atoms with Crippen LogP contribution in [0, 0.1) is 5.92 Å². The van der Waals surface area contributed by atoms with Crippen LogP contribution in [0.1, 0.15) is 58.8 Å². The Kier molecular flexibility index (Phi) is 6.39. The lowest BCUT2D eigenvalue weighted by molar-refractivity contribution is 0.148. The Morgan fingerprint density at radius 3 is 2.95 bits per heavy atom. The summed E-state index contributed by atoms with van der Waals surface area (Å²) in [6.07, 6.45) is 11.9. The van der Waals surface area contributed by atoms with Crippen LogP contribution in [-0.4, -0.2) is 37.1 Å². The van der Waals surface area contributed by atoms with Crippen molar-refractivity contribution in [2.24, 2.45) is 5.92 Å². The Morgan fingerprint density at radius 1 is 1.37 bits per heavy atom. The molecule has 1 saturated heterocycles. The Hall–Kier alpha value is -0.340. The fraction of sp³-hybridized carbons (Fsp3) is 0.882. The SMILES string of the molecule is CCCNC1CCN(CCC2=CCCCC2)CC1C. The topological polar surface area (TPSA) is 15.3 Å². The van der Waals surface area contributed by atoms with Crippen LogP contribution in [-0.2, 0) is 0 Å². The highest BCUT2D eigenvalue weighted by Gasteiger charge is 2.25. The third-order valence-electron chi connectivity index (χ3n) is 4.78. The Bertz CT molecular complexity index is 285. The lowest BCUT2D eigenvalue weighted by Crippen LogP contribution is -2.48. The van der Waals surface area contributed by atoms with Gasteiger partial charge in [0.05, 0.1) is 0 Å². The fourth-order valence-corrected chi connectivity index (χ4v) is 3.50. The molecule has 0 bridgehead atoms. The van der Waals surface area contributed by atoms with Gasteiger partial charge in [0.2, 0.25) is 0 Å². The monoisotopic (exact) mass is 264 g/mol. The van der Waals surface area contributed by atoms with Crippen molar-refractivity contribution < 1.29 is 0 Å². The van der Waals surface area contributed by atoms with Gasteiger partial charge >= 0.3 is 0 Å². The third-order valence-corrected chi connectivity index (χ3v) is 4.78. The van der Waals surface area contributed by atoms with Crippen molar-refractivity contribution in [3.8, 4) is 0 Å². The van der Waals surface area contributed by atoms with Crippen molar-refractivity contribution in [1.29, 1.82) is 0 Å². The lowest BCUT2D eigenvalue weighted by Gasteiger charge is -2.37. The van der Waals surface area contributed by atoms with Crippen LogP contribution in [0.25, 0.3) is 0 Å². The van der Waals surface area contributed by atoms with Crippen LogP contribution in [0.5, 0.6) is 0 Å². The smallest absolute Gasteiger partial charge is 0.0117 e. The minimum absolute atomic E-state index is 0.755. The first-order valence-corrected chi connectivity index (χ1v) is 8.43. The van der Waals surface area contributed by atoms with E-state index in [4.69, 9.17) is 0 Å². The number of hydrogen-bond acceptors (Lipinski definition) is 2. The van der Waals surface area contributed by atoms with Crippen LogP contribution < -0.4 is 5.32 Å². The largest absolute Gasteiger partial charge is 0.314 e. The molecule has 1 N–H and O–H groups in total. The molecule has 2 rings (SSSR count). The molecular formula is C17H32N2. The summed E-state index contributed by atoms with van der Waals surface area (Å²) in [6.45, 7) is 9.72. The number of rotatable bonds is 6. The number of allylic oxidation sites excluding steroid dienone is 1. The van der Waals surface area contributed by atoms with Gasteiger partial charge in [0.25, 0.3) is 0 Å². The molecular weight excluding hydrogens is 232 g/mol. The summed E-state index contributed by atoms with van der Waals surface area (Å²) >= 11 is 0. The summed E-state index contributed by atoms with van der Waals surface area (Å²) in [5.41, 5.74) is 1.73. The van der Waals surface area contributed by atoms with Gasteiger partial charge in [-0.3, -0.25) is 0 Å². The molecule has 0 amide bonds. The quantitative estimate of drug-likeness (QED) is 0.738. The molecule has 1 fully saturated rings. The maximum Gasteiger partial charge on any atom is 0.0117 e. The molecule has 1 aliphatic heterocycles. The molecule has 0 radical (unpaired) electrons. The first-order chi connectivity index (χ1) is 9.29. The first-order valence-electron chi connectivity index (χ1n) is 8.43. The molecule has 2 heteroatoms. The molecule has 2 nitrogen and oxygen atoms in total. The van der Waals surface area contributed by atoms with E-state index in [1.54, 1.807) is 5.57 Å². The maximum atomic E-state index is 3.71. The third kappa shape index (κ3) is 4.92. The first kappa shape index (κ1) is 15.1. The Labute approximate surface area is 119 Å². The van der Waals surface area contributed by atoms with Crippen LogP contribution in [0.3, 0.4) is 0 Å². The lowest BCUT2D eigenvalue weighted by atomic mass is 9.92. The van der Waals surface area contributed by atoms with Crippen molar-refractivity contribution in [1.82, 2.24) is 10.2 Å². The summed E-state index contributed by atoms with van der Waals surface area (Å²) in [5.74, 6) is 0.806. The number of nitrogens with zero attached hydrogens (tertiary/aromatic N) is 1. The molecule has 0 spiro atoms. The van der Waals surface area contributed by atoms with E-state index < -0.39 is 0 Å². The Balaban J connectivity index is 1.68. The highest BCUT2D eigenvalue weighted by molar-refractivity contribution is 5.05. The summed E-state index contributed by atoms with van der Waals surface area (Å²) < 4.78 is 0. The molecule has 2 unspecified atom stereocenters. The fourth-order valence-electron chi connectivity index (χ4n) is 3.50. The zero-order valence-corrected chi connectivity index (χ0v) is 13.0. The highest BCUT2D eigenvalue weighted by atomic mass is 15.1. The van der Waals surface area contributed by atoms with E-state index >= 15 is 0 Å². The van der Waals surface area contributed by atoms with E-state index in [2.05, 4.69) is 30.1 Å². The zero-order valence-electron chi connectivity index (χ0n) is 13.0. The van der Waals surface area contributed by atoms with E-state index in [0.29, 0.717) is 0 Å². The Morgan fingerprint density at radius 2 is 2.26 bits per heavy atom. The van der Waals surface area contributed by atoms with Crippen LogP contribution in [0.4, 0.5) is 0 Å². The molecule has 2 atom stereocenters. The molecule has 19 heavy (non-hydrogen) atoms. The molecule has 1 heterocycles. The van der Waals surface area contributed by atoms with Crippen molar-refractivity contribution in [2.45, 2.75) is 64.8 Å². The van der Waals surface area contributed by atoms with Crippen LogP contribution >= 0.6 is 0 Å². The van der Waals surface area contributed by atoms with E-state index in [1.807, 2.05) is 0 Å². The minimum atomic E-state index is 0.755. The predicted octanol–water partition coefficient (Wildman–Crippen LogP) is 3.59. The van der Waals surface area contributed by atoms with E-state index in [9.17, 15) is 0 Å². The van der Waals surface area contributed by atoms with Crippen LogP contribution in [0.2, 0.25) is 0 Å². The minimum Gasteiger partial charge on any atom is -0.314 e. The zero-order chi connectivity index (χ0) is 13.5. The molecule has 2 aliphatic rings. The van der Waals surface area contributed by atoms with E-state index in [1.165, 1.54) is 71.1 Å². The average molecular weight is 264 g/mol. The van der Waals surface area contributed by atoms with Gasteiger partial charge in [-0.2, -0.15) is 0 Å². The van der Waals surface area contributed by atoms with E-state index in [0.717, 1.165) is 12.0 Å². The molecule has 1 aliphatic carbocycles.